The molecule has 0 fully saturated rings. The summed E-state index contributed by atoms with van der Waals surface area (Å²) in [7, 11) is 0. The fourth-order valence-corrected chi connectivity index (χ4v) is 3.23. The topological polar surface area (TPSA) is 52.6 Å². The molecule has 0 atom stereocenters. The molecular weight excluding hydrogens is 352 g/mol. The predicted molar refractivity (Wildman–Crippen MR) is 112 cm³/mol. The second-order valence-corrected chi connectivity index (χ2v) is 6.26. The minimum atomic E-state index is -0.304. The van der Waals surface area contributed by atoms with Crippen LogP contribution in [0.2, 0.25) is 0 Å². The third-order valence-electron chi connectivity index (χ3n) is 4.56. The molecule has 0 aliphatic rings. The molecule has 0 aromatic heterocycles. The maximum Gasteiger partial charge on any atom is 0.338 e. The first-order valence-corrected chi connectivity index (χ1v) is 9.82. The largest absolute Gasteiger partial charge is 0.462 e. The first-order valence-electron chi connectivity index (χ1n) is 9.82. The summed E-state index contributed by atoms with van der Waals surface area (Å²) >= 11 is 0. The minimum absolute atomic E-state index is 0.304. The highest BCUT2D eigenvalue weighted by Gasteiger charge is 2.12. The van der Waals surface area contributed by atoms with Crippen LogP contribution in [0.1, 0.15) is 72.4 Å². The molecule has 4 nitrogen and oxygen atoms in total. The molecule has 0 N–H and O–H groups in total. The van der Waals surface area contributed by atoms with E-state index in [0.29, 0.717) is 24.3 Å². The number of benzene rings is 2. The van der Waals surface area contributed by atoms with Crippen LogP contribution in [0.25, 0.3) is 11.1 Å². The van der Waals surface area contributed by atoms with Gasteiger partial charge in [0.05, 0.1) is 24.3 Å². The van der Waals surface area contributed by atoms with E-state index >= 15 is 0 Å². The van der Waals surface area contributed by atoms with Gasteiger partial charge in [0.15, 0.2) is 0 Å². The third kappa shape index (κ3) is 5.10. The molecule has 0 heterocycles. The van der Waals surface area contributed by atoms with Crippen molar-refractivity contribution in [2.24, 2.45) is 0 Å². The molecule has 4 heteroatoms. The van der Waals surface area contributed by atoms with Gasteiger partial charge in [0.2, 0.25) is 0 Å². The van der Waals surface area contributed by atoms with Crippen molar-refractivity contribution in [2.45, 2.75) is 40.5 Å². The molecule has 0 saturated carbocycles. The number of carbonyl (C=O) groups excluding carboxylic acids is 2. The average molecular weight is 380 g/mol. The van der Waals surface area contributed by atoms with Crippen LogP contribution in [-0.2, 0) is 9.47 Å². The molecule has 0 spiro atoms. The molecular formula is C24H28O4. The van der Waals surface area contributed by atoms with E-state index in [1.54, 1.807) is 38.1 Å². The van der Waals surface area contributed by atoms with Crippen molar-refractivity contribution in [1.29, 1.82) is 0 Å². The summed E-state index contributed by atoms with van der Waals surface area (Å²) in [6, 6.07) is 15.1. The van der Waals surface area contributed by atoms with E-state index in [1.807, 2.05) is 24.3 Å². The standard InChI is InChI=1S/C24H28O4/c1-5-21(17-9-13-19(14-10-17)23(25)27-7-3)22(6-2)18-11-15-20(16-12-18)24(26)28-8-4/h9-16H,5-8H2,1-4H3. The number of allylic oxidation sites excluding steroid dienone is 2. The van der Waals surface area contributed by atoms with Crippen molar-refractivity contribution in [1.82, 2.24) is 0 Å². The summed E-state index contributed by atoms with van der Waals surface area (Å²) < 4.78 is 10.1. The van der Waals surface area contributed by atoms with Gasteiger partial charge in [0, 0.05) is 0 Å². The SMILES string of the molecule is CCOC(=O)c1ccc(C(CC)=C(CC)c2ccc(C(=O)OCC)cc2)cc1. The van der Waals surface area contributed by atoms with Crippen LogP contribution in [0.5, 0.6) is 0 Å². The lowest BCUT2D eigenvalue weighted by Crippen LogP contribution is -2.05. The maximum absolute atomic E-state index is 11.9. The van der Waals surface area contributed by atoms with Crippen molar-refractivity contribution < 1.29 is 19.1 Å². The van der Waals surface area contributed by atoms with Gasteiger partial charge >= 0.3 is 11.9 Å². The highest BCUT2D eigenvalue weighted by Crippen LogP contribution is 2.31. The van der Waals surface area contributed by atoms with E-state index in [9.17, 15) is 9.59 Å². The number of ether oxygens (including phenoxy) is 2. The lowest BCUT2D eigenvalue weighted by Gasteiger charge is -2.15. The lowest BCUT2D eigenvalue weighted by molar-refractivity contribution is 0.0516. The molecule has 2 aromatic rings. The second kappa shape index (κ2) is 10.5. The van der Waals surface area contributed by atoms with Gasteiger partial charge < -0.3 is 9.47 Å². The Bertz CT molecular complexity index is 758. The first-order chi connectivity index (χ1) is 13.5. The number of rotatable bonds is 8. The molecule has 0 aliphatic carbocycles. The highest BCUT2D eigenvalue weighted by atomic mass is 16.5. The summed E-state index contributed by atoms with van der Waals surface area (Å²) in [6.07, 6.45) is 1.73. The van der Waals surface area contributed by atoms with E-state index in [2.05, 4.69) is 13.8 Å². The van der Waals surface area contributed by atoms with Crippen LogP contribution in [0.15, 0.2) is 48.5 Å². The highest BCUT2D eigenvalue weighted by molar-refractivity contribution is 5.94. The summed E-state index contributed by atoms with van der Waals surface area (Å²) in [4.78, 5) is 23.7. The fraction of sp³-hybridized carbons (Fsp3) is 0.333. The smallest absolute Gasteiger partial charge is 0.338 e. The zero-order chi connectivity index (χ0) is 20.5. The quantitative estimate of drug-likeness (QED) is 0.431. The number of hydrogen-bond donors (Lipinski definition) is 0. The van der Waals surface area contributed by atoms with Gasteiger partial charge in [-0.05, 0) is 73.2 Å². The van der Waals surface area contributed by atoms with E-state index in [4.69, 9.17) is 9.47 Å². The Balaban J connectivity index is 2.36. The molecule has 0 radical (unpaired) electrons. The van der Waals surface area contributed by atoms with Gasteiger partial charge in [0.1, 0.15) is 0 Å². The average Bonchev–Trinajstić information content (AvgIpc) is 2.72. The molecule has 0 unspecified atom stereocenters. The fourth-order valence-electron chi connectivity index (χ4n) is 3.23. The van der Waals surface area contributed by atoms with Crippen molar-refractivity contribution in [3.63, 3.8) is 0 Å². The maximum atomic E-state index is 11.9. The van der Waals surface area contributed by atoms with Crippen molar-refractivity contribution >= 4 is 23.1 Å². The van der Waals surface area contributed by atoms with E-state index in [0.717, 1.165) is 24.0 Å². The van der Waals surface area contributed by atoms with Crippen molar-refractivity contribution in [3.8, 4) is 0 Å². The first kappa shape index (κ1) is 21.4. The Labute approximate surface area is 167 Å². The number of hydrogen-bond acceptors (Lipinski definition) is 4. The van der Waals surface area contributed by atoms with Gasteiger partial charge in [-0.25, -0.2) is 9.59 Å². The van der Waals surface area contributed by atoms with Crippen LogP contribution in [-0.4, -0.2) is 25.2 Å². The molecule has 148 valence electrons. The summed E-state index contributed by atoms with van der Waals surface area (Å²) in [5, 5.41) is 0. The van der Waals surface area contributed by atoms with Crippen LogP contribution in [0, 0.1) is 0 Å². The lowest BCUT2D eigenvalue weighted by atomic mass is 9.90. The molecule has 0 aliphatic heterocycles. The molecule has 0 bridgehead atoms. The van der Waals surface area contributed by atoms with E-state index in [-0.39, 0.29) is 11.9 Å². The Kier molecular flexibility index (Phi) is 8.00. The monoisotopic (exact) mass is 380 g/mol. The molecule has 28 heavy (non-hydrogen) atoms. The van der Waals surface area contributed by atoms with Crippen LogP contribution >= 0.6 is 0 Å². The summed E-state index contributed by atoms with van der Waals surface area (Å²) in [6.45, 7) is 8.56. The molecule has 0 amide bonds. The zero-order valence-electron chi connectivity index (χ0n) is 17.1. The van der Waals surface area contributed by atoms with Gasteiger partial charge in [-0.1, -0.05) is 38.1 Å². The minimum Gasteiger partial charge on any atom is -0.462 e. The normalized spacial score (nSPS) is 11.6. The number of esters is 2. The Morgan fingerprint density at radius 1 is 0.571 bits per heavy atom. The second-order valence-electron chi connectivity index (χ2n) is 6.26. The predicted octanol–water partition coefficient (Wildman–Crippen LogP) is 5.77. The van der Waals surface area contributed by atoms with Gasteiger partial charge in [0.25, 0.3) is 0 Å². The Morgan fingerprint density at radius 2 is 0.857 bits per heavy atom. The molecule has 0 saturated heterocycles. The van der Waals surface area contributed by atoms with E-state index in [1.165, 1.54) is 11.1 Å². The van der Waals surface area contributed by atoms with Crippen molar-refractivity contribution in [3.05, 3.63) is 70.8 Å². The summed E-state index contributed by atoms with van der Waals surface area (Å²) in [5.41, 5.74) is 5.73. The van der Waals surface area contributed by atoms with Crippen molar-refractivity contribution in [2.75, 3.05) is 13.2 Å². The van der Waals surface area contributed by atoms with Crippen LogP contribution in [0.3, 0.4) is 0 Å². The number of carbonyl (C=O) groups is 2. The van der Waals surface area contributed by atoms with Gasteiger partial charge in [-0.2, -0.15) is 0 Å². The van der Waals surface area contributed by atoms with E-state index < -0.39 is 0 Å². The van der Waals surface area contributed by atoms with Crippen LogP contribution < -0.4 is 0 Å². The van der Waals surface area contributed by atoms with Gasteiger partial charge in [-0.15, -0.1) is 0 Å². The zero-order valence-corrected chi connectivity index (χ0v) is 17.1. The van der Waals surface area contributed by atoms with Gasteiger partial charge in [-0.3, -0.25) is 0 Å². The molecule has 2 aromatic carbocycles. The van der Waals surface area contributed by atoms with Crippen LogP contribution in [0.4, 0.5) is 0 Å². The molecule has 2 rings (SSSR count). The Morgan fingerprint density at radius 3 is 1.11 bits per heavy atom. The Hall–Kier alpha value is -2.88. The summed E-state index contributed by atoms with van der Waals surface area (Å²) in [5.74, 6) is -0.609. The third-order valence-corrected chi connectivity index (χ3v) is 4.56.